The van der Waals surface area contributed by atoms with Gasteiger partial charge in [-0.3, -0.25) is 4.79 Å². The number of hydrogen-bond donors (Lipinski definition) is 1. The Hall–Kier alpha value is -2.74. The summed E-state index contributed by atoms with van der Waals surface area (Å²) < 4.78 is 5.50. The molecule has 7 nitrogen and oxygen atoms in total. The van der Waals surface area contributed by atoms with Crippen molar-refractivity contribution in [2.75, 3.05) is 51.8 Å². The zero-order valence-corrected chi connectivity index (χ0v) is 18.9. The highest BCUT2D eigenvalue weighted by Gasteiger charge is 2.67. The molecular formula is C25H32N3O4+. The summed E-state index contributed by atoms with van der Waals surface area (Å²) in [6.07, 6.45) is 0.992. The van der Waals surface area contributed by atoms with Crippen LogP contribution in [0.5, 0.6) is 0 Å². The average Bonchev–Trinajstić information content (AvgIpc) is 3.21. The van der Waals surface area contributed by atoms with E-state index in [4.69, 9.17) is 4.74 Å². The highest BCUT2D eigenvalue weighted by atomic mass is 16.5. The van der Waals surface area contributed by atoms with E-state index in [0.717, 1.165) is 24.3 Å². The van der Waals surface area contributed by atoms with Crippen LogP contribution in [0.15, 0.2) is 54.6 Å². The number of carboxylic acids is 1. The van der Waals surface area contributed by atoms with Gasteiger partial charge in [-0.05, 0) is 24.3 Å². The first kappa shape index (κ1) is 22.5. The minimum atomic E-state index is -1.56. The minimum absolute atomic E-state index is 0.0798. The molecule has 2 saturated heterocycles. The number of carboxylic acid groups (broad SMARTS) is 1. The van der Waals surface area contributed by atoms with Crippen LogP contribution in [-0.4, -0.2) is 78.9 Å². The Morgan fingerprint density at radius 2 is 1.72 bits per heavy atom. The van der Waals surface area contributed by atoms with Crippen LogP contribution >= 0.6 is 0 Å². The molecule has 0 spiro atoms. The molecule has 0 radical (unpaired) electrons. The molecule has 2 aliphatic rings. The van der Waals surface area contributed by atoms with Gasteiger partial charge in [-0.25, -0.2) is 9.39 Å². The number of nitrogens with zero attached hydrogens (tertiary/aromatic N) is 3. The van der Waals surface area contributed by atoms with Gasteiger partial charge in [0.1, 0.15) is 6.54 Å². The van der Waals surface area contributed by atoms with Gasteiger partial charge in [0.2, 0.25) is 5.78 Å². The lowest BCUT2D eigenvalue weighted by Gasteiger charge is -2.48. The van der Waals surface area contributed by atoms with E-state index in [1.165, 1.54) is 0 Å². The number of carbonyl (C=O) groups excluding carboxylic acids is 1. The van der Waals surface area contributed by atoms with Gasteiger partial charge in [0.25, 0.3) is 5.54 Å². The Labute approximate surface area is 189 Å². The van der Waals surface area contributed by atoms with Crippen molar-refractivity contribution >= 4 is 17.4 Å². The molecule has 7 heteroatoms. The SMILES string of the molecule is CN(C)[N+]1(Cc2ccccc2)CCC[C@]1(C(=O)O)C(=O)c1ccc(N2CCOCC2)cc1. The molecule has 4 rings (SSSR count). The lowest BCUT2D eigenvalue weighted by atomic mass is 9.85. The molecule has 2 aromatic carbocycles. The van der Waals surface area contributed by atoms with E-state index in [1.807, 2.05) is 61.6 Å². The number of ketones is 1. The summed E-state index contributed by atoms with van der Waals surface area (Å²) in [6.45, 7) is 4.05. The molecule has 2 aliphatic heterocycles. The van der Waals surface area contributed by atoms with Crippen LogP contribution in [0.2, 0.25) is 0 Å². The number of ether oxygens (including phenoxy) is 1. The van der Waals surface area contributed by atoms with E-state index in [-0.39, 0.29) is 10.4 Å². The molecule has 32 heavy (non-hydrogen) atoms. The average molecular weight is 439 g/mol. The first-order valence-electron chi connectivity index (χ1n) is 11.2. The van der Waals surface area contributed by atoms with Gasteiger partial charge in [-0.15, -0.1) is 0 Å². The normalized spacial score (nSPS) is 25.8. The van der Waals surface area contributed by atoms with Crippen molar-refractivity contribution in [1.29, 1.82) is 0 Å². The number of aliphatic carboxylic acids is 1. The van der Waals surface area contributed by atoms with Gasteiger partial charge in [0, 0.05) is 56.8 Å². The lowest BCUT2D eigenvalue weighted by Crippen LogP contribution is -2.72. The van der Waals surface area contributed by atoms with Gasteiger partial charge in [0.15, 0.2) is 0 Å². The van der Waals surface area contributed by atoms with Gasteiger partial charge in [-0.1, -0.05) is 30.3 Å². The number of benzene rings is 2. The summed E-state index contributed by atoms with van der Waals surface area (Å²) in [7, 11) is 3.75. The van der Waals surface area contributed by atoms with Crippen molar-refractivity contribution < 1.29 is 24.0 Å². The van der Waals surface area contributed by atoms with Crippen molar-refractivity contribution in [2.45, 2.75) is 24.9 Å². The van der Waals surface area contributed by atoms with Crippen molar-refractivity contribution in [2.24, 2.45) is 0 Å². The van der Waals surface area contributed by atoms with E-state index in [0.29, 0.717) is 44.7 Å². The number of carbonyl (C=O) groups is 2. The maximum atomic E-state index is 14.0. The monoisotopic (exact) mass is 438 g/mol. The van der Waals surface area contributed by atoms with Gasteiger partial charge >= 0.3 is 5.97 Å². The van der Waals surface area contributed by atoms with E-state index < -0.39 is 11.5 Å². The Balaban J connectivity index is 1.71. The molecule has 0 aromatic heterocycles. The zero-order valence-electron chi connectivity index (χ0n) is 18.9. The van der Waals surface area contributed by atoms with Crippen LogP contribution < -0.4 is 4.90 Å². The molecule has 0 amide bonds. The second-order valence-electron chi connectivity index (χ2n) is 8.88. The molecule has 0 bridgehead atoms. The summed E-state index contributed by atoms with van der Waals surface area (Å²) in [5.41, 5.74) is 0.936. The quantitative estimate of drug-likeness (QED) is 0.407. The fraction of sp³-hybridized carbons (Fsp3) is 0.440. The predicted octanol–water partition coefficient (Wildman–Crippen LogP) is 2.82. The van der Waals surface area contributed by atoms with E-state index in [1.54, 1.807) is 12.1 Å². The highest BCUT2D eigenvalue weighted by Crippen LogP contribution is 2.43. The topological polar surface area (TPSA) is 70.1 Å². The van der Waals surface area contributed by atoms with Gasteiger partial charge in [0.05, 0.1) is 19.8 Å². The second-order valence-corrected chi connectivity index (χ2v) is 8.88. The summed E-state index contributed by atoms with van der Waals surface area (Å²) in [5.74, 6) is -1.37. The molecule has 2 heterocycles. The number of rotatable bonds is 7. The van der Waals surface area contributed by atoms with Crippen LogP contribution in [0.25, 0.3) is 0 Å². The maximum Gasteiger partial charge on any atom is 0.376 e. The largest absolute Gasteiger partial charge is 0.476 e. The third-order valence-electron chi connectivity index (χ3n) is 7.06. The maximum absolute atomic E-state index is 14.0. The number of anilines is 1. The Kier molecular flexibility index (Phi) is 6.33. The molecule has 2 atom stereocenters. The van der Waals surface area contributed by atoms with E-state index >= 15 is 0 Å². The number of hydrogen-bond acceptors (Lipinski definition) is 5. The fourth-order valence-corrected chi connectivity index (χ4v) is 5.35. The first-order valence-corrected chi connectivity index (χ1v) is 11.2. The molecular weight excluding hydrogens is 406 g/mol. The summed E-state index contributed by atoms with van der Waals surface area (Å²) in [6, 6.07) is 17.2. The van der Waals surface area contributed by atoms with Crippen LogP contribution in [0.3, 0.4) is 0 Å². The minimum Gasteiger partial charge on any atom is -0.476 e. The molecule has 170 valence electrons. The lowest BCUT2D eigenvalue weighted by molar-refractivity contribution is -1.06. The van der Waals surface area contributed by atoms with E-state index in [9.17, 15) is 14.7 Å². The van der Waals surface area contributed by atoms with Crippen LogP contribution in [-0.2, 0) is 16.1 Å². The summed E-state index contributed by atoms with van der Waals surface area (Å²) in [4.78, 5) is 29.0. The third-order valence-corrected chi connectivity index (χ3v) is 7.06. The molecule has 0 aliphatic carbocycles. The van der Waals surface area contributed by atoms with Crippen molar-refractivity contribution in [3.63, 3.8) is 0 Å². The zero-order chi connectivity index (χ0) is 22.8. The third kappa shape index (κ3) is 3.70. The summed E-state index contributed by atoms with van der Waals surface area (Å²) in [5, 5.41) is 12.4. The Morgan fingerprint density at radius 3 is 2.31 bits per heavy atom. The van der Waals surface area contributed by atoms with Crippen LogP contribution in [0.4, 0.5) is 5.69 Å². The van der Waals surface area contributed by atoms with Crippen molar-refractivity contribution in [3.8, 4) is 0 Å². The number of Topliss-reactive ketones (excluding diaryl/α,β-unsaturated/α-hetero) is 1. The van der Waals surface area contributed by atoms with E-state index in [2.05, 4.69) is 4.90 Å². The Morgan fingerprint density at radius 1 is 1.06 bits per heavy atom. The predicted molar refractivity (Wildman–Crippen MR) is 122 cm³/mol. The number of quaternary nitrogens is 1. The van der Waals surface area contributed by atoms with Crippen LogP contribution in [0.1, 0.15) is 28.8 Å². The molecule has 2 fully saturated rings. The smallest absolute Gasteiger partial charge is 0.376 e. The molecule has 1 unspecified atom stereocenters. The van der Waals surface area contributed by atoms with Crippen molar-refractivity contribution in [1.82, 2.24) is 5.01 Å². The standard InChI is InChI=1S/C25H31N3O4/c1-26(2)28(19-20-7-4-3-5-8-20)16-6-13-25(28,24(30)31)23(29)21-9-11-22(12-10-21)27-14-17-32-18-15-27/h3-5,7-12H,6,13-19H2,1-2H3/p+1/t25-,28?/m1/s1. The van der Waals surface area contributed by atoms with Gasteiger partial charge < -0.3 is 14.7 Å². The van der Waals surface area contributed by atoms with Gasteiger partial charge in [-0.2, -0.15) is 5.01 Å². The molecule has 2 aromatic rings. The summed E-state index contributed by atoms with van der Waals surface area (Å²) >= 11 is 0. The first-order chi connectivity index (χ1) is 15.4. The van der Waals surface area contributed by atoms with Crippen LogP contribution in [0, 0.1) is 0 Å². The molecule has 0 saturated carbocycles. The van der Waals surface area contributed by atoms with Crippen molar-refractivity contribution in [3.05, 3.63) is 65.7 Å². The number of morpholine rings is 1. The highest BCUT2D eigenvalue weighted by molar-refractivity contribution is 6.15. The Bertz CT molecular complexity index is 957. The molecule has 1 N–H and O–H groups in total. The second kappa shape index (κ2) is 9.02. The number of likely N-dealkylation sites (tertiary alicyclic amines) is 1. The fourth-order valence-electron chi connectivity index (χ4n) is 5.35.